The van der Waals surface area contributed by atoms with Gasteiger partial charge in [0.1, 0.15) is 6.61 Å². The highest BCUT2D eigenvalue weighted by molar-refractivity contribution is 5.94. The second-order valence-corrected chi connectivity index (χ2v) is 4.73. The van der Waals surface area contributed by atoms with E-state index in [1.807, 2.05) is 60.7 Å². The minimum Gasteiger partial charge on any atom is -0.457 e. The molecule has 1 aliphatic rings. The maximum atomic E-state index is 12.1. The summed E-state index contributed by atoms with van der Waals surface area (Å²) in [5.41, 5.74) is 3.49. The van der Waals surface area contributed by atoms with E-state index in [0.29, 0.717) is 5.57 Å². The summed E-state index contributed by atoms with van der Waals surface area (Å²) in [4.78, 5) is 12.1. The largest absolute Gasteiger partial charge is 0.457 e. The van der Waals surface area contributed by atoms with E-state index < -0.39 is 0 Å². The SMILES string of the molecule is O=C(OCc1ccccc1)C1=CNc2ccccc2C=C1. The van der Waals surface area contributed by atoms with Gasteiger partial charge < -0.3 is 10.1 Å². The first kappa shape index (κ1) is 13.2. The van der Waals surface area contributed by atoms with E-state index in [9.17, 15) is 4.79 Å². The van der Waals surface area contributed by atoms with Gasteiger partial charge >= 0.3 is 5.97 Å². The Morgan fingerprint density at radius 2 is 1.71 bits per heavy atom. The summed E-state index contributed by atoms with van der Waals surface area (Å²) >= 11 is 0. The quantitative estimate of drug-likeness (QED) is 0.868. The number of carbonyl (C=O) groups excluding carboxylic acids is 1. The van der Waals surface area contributed by atoms with Crippen LogP contribution >= 0.6 is 0 Å². The Labute approximate surface area is 123 Å². The lowest BCUT2D eigenvalue weighted by atomic mass is 10.1. The Morgan fingerprint density at radius 1 is 0.952 bits per heavy atom. The molecule has 0 radical (unpaired) electrons. The molecular weight excluding hydrogens is 262 g/mol. The third-order valence-corrected chi connectivity index (χ3v) is 3.23. The highest BCUT2D eigenvalue weighted by Crippen LogP contribution is 2.21. The van der Waals surface area contributed by atoms with Gasteiger partial charge in [-0.15, -0.1) is 0 Å². The summed E-state index contributed by atoms with van der Waals surface area (Å²) in [6, 6.07) is 17.5. The number of anilines is 1. The lowest BCUT2D eigenvalue weighted by Gasteiger charge is -2.05. The molecule has 3 heteroatoms. The van der Waals surface area contributed by atoms with Crippen molar-refractivity contribution in [2.24, 2.45) is 0 Å². The van der Waals surface area contributed by atoms with Crippen LogP contribution in [-0.4, -0.2) is 5.97 Å². The number of para-hydroxylation sites is 1. The molecule has 0 unspecified atom stereocenters. The van der Waals surface area contributed by atoms with Gasteiger partial charge in [0.15, 0.2) is 0 Å². The molecule has 1 heterocycles. The van der Waals surface area contributed by atoms with Crippen molar-refractivity contribution >= 4 is 17.7 Å². The zero-order valence-electron chi connectivity index (χ0n) is 11.5. The Morgan fingerprint density at radius 3 is 2.57 bits per heavy atom. The van der Waals surface area contributed by atoms with E-state index in [0.717, 1.165) is 16.8 Å². The molecule has 0 fully saturated rings. The Balaban J connectivity index is 1.68. The minimum absolute atomic E-state index is 0.276. The van der Waals surface area contributed by atoms with Crippen LogP contribution < -0.4 is 5.32 Å². The Hall–Kier alpha value is -2.81. The smallest absolute Gasteiger partial charge is 0.339 e. The van der Waals surface area contributed by atoms with Crippen molar-refractivity contribution in [3.05, 3.63) is 83.6 Å². The topological polar surface area (TPSA) is 38.3 Å². The van der Waals surface area contributed by atoms with Crippen molar-refractivity contribution in [3.8, 4) is 0 Å². The van der Waals surface area contributed by atoms with Gasteiger partial charge in [0.05, 0.1) is 5.57 Å². The van der Waals surface area contributed by atoms with Crippen molar-refractivity contribution in [2.45, 2.75) is 6.61 Å². The molecule has 0 spiro atoms. The van der Waals surface area contributed by atoms with E-state index in [-0.39, 0.29) is 12.6 Å². The molecule has 0 amide bonds. The number of benzene rings is 2. The van der Waals surface area contributed by atoms with Crippen molar-refractivity contribution in [1.82, 2.24) is 0 Å². The first-order valence-electron chi connectivity index (χ1n) is 6.78. The lowest BCUT2D eigenvalue weighted by Crippen LogP contribution is -2.07. The molecular formula is C18H15NO2. The van der Waals surface area contributed by atoms with Crippen molar-refractivity contribution in [2.75, 3.05) is 5.32 Å². The molecule has 3 nitrogen and oxygen atoms in total. The summed E-state index contributed by atoms with van der Waals surface area (Å²) in [7, 11) is 0. The van der Waals surface area contributed by atoms with E-state index in [1.54, 1.807) is 12.3 Å². The summed E-state index contributed by atoms with van der Waals surface area (Å²) < 4.78 is 5.32. The molecule has 2 aromatic carbocycles. The van der Waals surface area contributed by atoms with Crippen molar-refractivity contribution in [3.63, 3.8) is 0 Å². The molecule has 0 aromatic heterocycles. The van der Waals surface area contributed by atoms with Crippen LogP contribution in [0.4, 0.5) is 5.69 Å². The zero-order valence-corrected chi connectivity index (χ0v) is 11.5. The third-order valence-electron chi connectivity index (χ3n) is 3.23. The van der Waals surface area contributed by atoms with Crippen LogP contribution in [0.25, 0.3) is 6.08 Å². The summed E-state index contributed by atoms with van der Waals surface area (Å²) in [5.74, 6) is -0.338. The average Bonchev–Trinajstić information content (AvgIpc) is 2.76. The fourth-order valence-electron chi connectivity index (χ4n) is 2.09. The van der Waals surface area contributed by atoms with Gasteiger partial charge in [-0.05, 0) is 23.3 Å². The summed E-state index contributed by atoms with van der Waals surface area (Å²) in [6.07, 6.45) is 5.35. The lowest BCUT2D eigenvalue weighted by molar-refractivity contribution is -0.139. The van der Waals surface area contributed by atoms with E-state index >= 15 is 0 Å². The maximum absolute atomic E-state index is 12.1. The van der Waals surface area contributed by atoms with Crippen molar-refractivity contribution < 1.29 is 9.53 Å². The molecule has 0 saturated heterocycles. The van der Waals surface area contributed by atoms with Crippen LogP contribution in [0.5, 0.6) is 0 Å². The molecule has 0 bridgehead atoms. The number of esters is 1. The molecule has 0 atom stereocenters. The van der Waals surface area contributed by atoms with Crippen LogP contribution in [-0.2, 0) is 16.1 Å². The Kier molecular flexibility index (Phi) is 3.83. The first-order valence-corrected chi connectivity index (χ1v) is 6.78. The predicted molar refractivity (Wildman–Crippen MR) is 83.4 cm³/mol. The number of rotatable bonds is 3. The molecule has 1 N–H and O–H groups in total. The molecule has 0 saturated carbocycles. The fraction of sp³-hybridized carbons (Fsp3) is 0.0556. The monoisotopic (exact) mass is 277 g/mol. The molecule has 2 aromatic rings. The fourth-order valence-corrected chi connectivity index (χ4v) is 2.09. The number of nitrogens with one attached hydrogen (secondary N) is 1. The van der Waals surface area contributed by atoms with Crippen LogP contribution in [0.2, 0.25) is 0 Å². The van der Waals surface area contributed by atoms with E-state index in [4.69, 9.17) is 4.74 Å². The van der Waals surface area contributed by atoms with Crippen LogP contribution in [0.1, 0.15) is 11.1 Å². The molecule has 21 heavy (non-hydrogen) atoms. The standard InChI is InChI=1S/C18H15NO2/c20-18(21-13-14-6-2-1-3-7-14)16-11-10-15-8-4-5-9-17(15)19-12-16/h1-12,19H,13H2. The van der Waals surface area contributed by atoms with Crippen LogP contribution in [0.15, 0.2) is 72.4 Å². The average molecular weight is 277 g/mol. The molecule has 0 aliphatic carbocycles. The van der Waals surface area contributed by atoms with Gasteiger partial charge in [-0.25, -0.2) is 4.79 Å². The maximum Gasteiger partial charge on any atom is 0.339 e. The van der Waals surface area contributed by atoms with Gasteiger partial charge in [0.25, 0.3) is 0 Å². The van der Waals surface area contributed by atoms with Crippen LogP contribution in [0.3, 0.4) is 0 Å². The Bertz CT molecular complexity index is 702. The summed E-state index contributed by atoms with van der Waals surface area (Å²) in [5, 5.41) is 3.13. The van der Waals surface area contributed by atoms with E-state index in [2.05, 4.69) is 5.32 Å². The third kappa shape index (κ3) is 3.20. The first-order chi connectivity index (χ1) is 10.3. The van der Waals surface area contributed by atoms with Gasteiger partial charge in [0.2, 0.25) is 0 Å². The molecule has 104 valence electrons. The second-order valence-electron chi connectivity index (χ2n) is 4.73. The van der Waals surface area contributed by atoms with Gasteiger partial charge in [-0.2, -0.15) is 0 Å². The number of carbonyl (C=O) groups is 1. The highest BCUT2D eigenvalue weighted by Gasteiger charge is 2.11. The number of fused-ring (bicyclic) bond motifs is 1. The zero-order chi connectivity index (χ0) is 14.5. The predicted octanol–water partition coefficient (Wildman–Crippen LogP) is 3.75. The summed E-state index contributed by atoms with van der Waals surface area (Å²) in [6.45, 7) is 0.276. The van der Waals surface area contributed by atoms with Crippen molar-refractivity contribution in [1.29, 1.82) is 0 Å². The molecule has 3 rings (SSSR count). The number of hydrogen-bond acceptors (Lipinski definition) is 3. The highest BCUT2D eigenvalue weighted by atomic mass is 16.5. The van der Waals surface area contributed by atoms with E-state index in [1.165, 1.54) is 0 Å². The van der Waals surface area contributed by atoms with Crippen LogP contribution in [0, 0.1) is 0 Å². The second kappa shape index (κ2) is 6.09. The minimum atomic E-state index is -0.338. The van der Waals surface area contributed by atoms with Gasteiger partial charge in [-0.3, -0.25) is 0 Å². The number of hydrogen-bond donors (Lipinski definition) is 1. The normalized spacial score (nSPS) is 12.7. The van der Waals surface area contributed by atoms with Gasteiger partial charge in [0, 0.05) is 11.9 Å². The van der Waals surface area contributed by atoms with Gasteiger partial charge in [-0.1, -0.05) is 54.6 Å². The number of ether oxygens (including phenoxy) is 1. The molecule has 1 aliphatic heterocycles.